The van der Waals surface area contributed by atoms with Crippen LogP contribution in [-0.2, 0) is 0 Å². The second-order valence-corrected chi connectivity index (χ2v) is 4.42. The average Bonchev–Trinajstić information content (AvgIpc) is 2.01. The normalized spacial score (nSPS) is 11.4. The van der Waals surface area contributed by atoms with Gasteiger partial charge in [0.05, 0.1) is 0 Å². The molecule has 0 aliphatic carbocycles. The highest BCUT2D eigenvalue weighted by Gasteiger charge is 2.09. The van der Waals surface area contributed by atoms with Crippen LogP contribution >= 0.6 is 11.6 Å². The molecule has 14 heavy (non-hydrogen) atoms. The van der Waals surface area contributed by atoms with Crippen LogP contribution in [0.1, 0.15) is 20.3 Å². The highest BCUT2D eigenvalue weighted by Crippen LogP contribution is 2.12. The fourth-order valence-electron chi connectivity index (χ4n) is 1.04. The number of hydrogen-bond acceptors (Lipinski definition) is 3. The van der Waals surface area contributed by atoms with E-state index >= 15 is 0 Å². The van der Waals surface area contributed by atoms with E-state index in [1.54, 1.807) is 12.3 Å². The highest BCUT2D eigenvalue weighted by atomic mass is 35.5. The number of rotatable bonds is 4. The Kier molecular flexibility index (Phi) is 3.72. The smallest absolute Gasteiger partial charge is 0.131 e. The summed E-state index contributed by atoms with van der Waals surface area (Å²) in [5.41, 5.74) is 6.70. The minimum atomic E-state index is -0.135. The maximum absolute atomic E-state index is 5.85. The van der Waals surface area contributed by atoms with E-state index in [4.69, 9.17) is 17.3 Å². The zero-order chi connectivity index (χ0) is 10.6. The largest absolute Gasteiger partial charge is 0.385 e. The maximum Gasteiger partial charge on any atom is 0.131 e. The maximum atomic E-state index is 5.85. The molecule has 0 aliphatic heterocycles. The summed E-state index contributed by atoms with van der Waals surface area (Å²) in [4.78, 5) is 3.90. The Morgan fingerprint density at radius 2 is 2.29 bits per heavy atom. The Hall–Kier alpha value is -0.800. The molecule has 0 spiro atoms. The lowest BCUT2D eigenvalue weighted by Gasteiger charge is -2.18. The van der Waals surface area contributed by atoms with Crippen molar-refractivity contribution in [3.8, 4) is 0 Å². The lowest BCUT2D eigenvalue weighted by atomic mass is 10.0. The Labute approximate surface area is 89.7 Å². The monoisotopic (exact) mass is 213 g/mol. The molecule has 3 nitrogen and oxygen atoms in total. The zero-order valence-corrected chi connectivity index (χ0v) is 9.30. The summed E-state index contributed by atoms with van der Waals surface area (Å²) in [5.74, 6) is 0. The SMILES string of the molecule is CC(C)(N)CCNc1ccnc(Cl)c1. The van der Waals surface area contributed by atoms with E-state index in [-0.39, 0.29) is 5.54 Å². The molecule has 0 aromatic carbocycles. The summed E-state index contributed by atoms with van der Waals surface area (Å²) < 4.78 is 0. The number of hydrogen-bond donors (Lipinski definition) is 2. The van der Waals surface area contributed by atoms with Crippen molar-refractivity contribution in [2.75, 3.05) is 11.9 Å². The van der Waals surface area contributed by atoms with E-state index in [0.29, 0.717) is 5.15 Å². The Morgan fingerprint density at radius 1 is 1.57 bits per heavy atom. The molecule has 1 heterocycles. The number of nitrogens with two attached hydrogens (primary N) is 1. The van der Waals surface area contributed by atoms with Gasteiger partial charge in [0.2, 0.25) is 0 Å². The van der Waals surface area contributed by atoms with Gasteiger partial charge in [-0.05, 0) is 32.4 Å². The first-order valence-electron chi connectivity index (χ1n) is 4.62. The van der Waals surface area contributed by atoms with Crippen LogP contribution in [0.4, 0.5) is 5.69 Å². The lowest BCUT2D eigenvalue weighted by molar-refractivity contribution is 0.491. The van der Waals surface area contributed by atoms with Crippen LogP contribution in [-0.4, -0.2) is 17.1 Å². The van der Waals surface area contributed by atoms with Gasteiger partial charge in [0.1, 0.15) is 5.15 Å². The summed E-state index contributed by atoms with van der Waals surface area (Å²) in [6, 6.07) is 3.68. The summed E-state index contributed by atoms with van der Waals surface area (Å²) >= 11 is 5.74. The van der Waals surface area contributed by atoms with Crippen LogP contribution in [0, 0.1) is 0 Å². The number of nitrogens with zero attached hydrogens (tertiary/aromatic N) is 1. The van der Waals surface area contributed by atoms with Crippen molar-refractivity contribution in [3.05, 3.63) is 23.5 Å². The van der Waals surface area contributed by atoms with E-state index in [1.165, 1.54) is 0 Å². The zero-order valence-electron chi connectivity index (χ0n) is 8.55. The van der Waals surface area contributed by atoms with Crippen LogP contribution < -0.4 is 11.1 Å². The predicted molar refractivity (Wildman–Crippen MR) is 60.6 cm³/mol. The van der Waals surface area contributed by atoms with E-state index < -0.39 is 0 Å². The predicted octanol–water partition coefficient (Wildman–Crippen LogP) is 2.27. The van der Waals surface area contributed by atoms with Crippen LogP contribution in [0.5, 0.6) is 0 Å². The van der Waals surface area contributed by atoms with Crippen molar-refractivity contribution >= 4 is 17.3 Å². The standard InChI is InChI=1S/C10H16ClN3/c1-10(2,12)4-6-13-8-3-5-14-9(11)7-8/h3,5,7H,4,6,12H2,1-2H3,(H,13,14). The first kappa shape index (κ1) is 11.3. The van der Waals surface area contributed by atoms with Gasteiger partial charge in [-0.3, -0.25) is 0 Å². The first-order chi connectivity index (χ1) is 6.47. The average molecular weight is 214 g/mol. The second kappa shape index (κ2) is 4.62. The Morgan fingerprint density at radius 3 is 2.86 bits per heavy atom. The second-order valence-electron chi connectivity index (χ2n) is 4.03. The molecule has 0 atom stereocenters. The fraction of sp³-hybridized carbons (Fsp3) is 0.500. The van der Waals surface area contributed by atoms with Crippen molar-refractivity contribution in [1.82, 2.24) is 4.98 Å². The number of halogens is 1. The van der Waals surface area contributed by atoms with Crippen LogP contribution in [0.25, 0.3) is 0 Å². The molecular weight excluding hydrogens is 198 g/mol. The number of anilines is 1. The van der Waals surface area contributed by atoms with Crippen molar-refractivity contribution in [3.63, 3.8) is 0 Å². The van der Waals surface area contributed by atoms with Gasteiger partial charge in [0.25, 0.3) is 0 Å². The van der Waals surface area contributed by atoms with Gasteiger partial charge in [-0.1, -0.05) is 11.6 Å². The van der Waals surface area contributed by atoms with Crippen LogP contribution in [0.15, 0.2) is 18.3 Å². The van der Waals surface area contributed by atoms with E-state index in [1.807, 2.05) is 19.9 Å². The molecule has 1 rings (SSSR count). The van der Waals surface area contributed by atoms with Crippen molar-refractivity contribution in [1.29, 1.82) is 0 Å². The van der Waals surface area contributed by atoms with E-state index in [9.17, 15) is 0 Å². The quantitative estimate of drug-likeness (QED) is 0.755. The number of aromatic nitrogens is 1. The van der Waals surface area contributed by atoms with Crippen LogP contribution in [0.3, 0.4) is 0 Å². The van der Waals surface area contributed by atoms with E-state index in [0.717, 1.165) is 18.7 Å². The van der Waals surface area contributed by atoms with Gasteiger partial charge in [-0.15, -0.1) is 0 Å². The van der Waals surface area contributed by atoms with Crippen molar-refractivity contribution in [2.24, 2.45) is 5.73 Å². The molecule has 1 aromatic rings. The first-order valence-corrected chi connectivity index (χ1v) is 4.99. The number of nitrogens with one attached hydrogen (secondary N) is 1. The van der Waals surface area contributed by atoms with Gasteiger partial charge in [-0.2, -0.15) is 0 Å². The minimum Gasteiger partial charge on any atom is -0.385 e. The molecule has 78 valence electrons. The van der Waals surface area contributed by atoms with Crippen LogP contribution in [0.2, 0.25) is 5.15 Å². The van der Waals surface area contributed by atoms with Crippen molar-refractivity contribution < 1.29 is 0 Å². The van der Waals surface area contributed by atoms with Gasteiger partial charge >= 0.3 is 0 Å². The van der Waals surface area contributed by atoms with Gasteiger partial charge < -0.3 is 11.1 Å². The summed E-state index contributed by atoms with van der Waals surface area (Å²) in [7, 11) is 0. The molecule has 0 radical (unpaired) electrons. The Balaban J connectivity index is 2.39. The van der Waals surface area contributed by atoms with Crippen molar-refractivity contribution in [2.45, 2.75) is 25.8 Å². The molecule has 0 saturated heterocycles. The third-order valence-electron chi connectivity index (χ3n) is 1.83. The molecule has 4 heteroatoms. The summed E-state index contributed by atoms with van der Waals surface area (Å²) in [6.07, 6.45) is 2.59. The highest BCUT2D eigenvalue weighted by molar-refractivity contribution is 6.29. The summed E-state index contributed by atoms with van der Waals surface area (Å²) in [6.45, 7) is 4.85. The molecule has 0 amide bonds. The summed E-state index contributed by atoms with van der Waals surface area (Å²) in [5, 5.41) is 3.74. The van der Waals surface area contributed by atoms with Gasteiger partial charge in [0, 0.05) is 24.0 Å². The molecule has 0 unspecified atom stereocenters. The molecule has 0 aliphatic rings. The molecule has 0 bridgehead atoms. The Bertz CT molecular complexity index is 294. The van der Waals surface area contributed by atoms with Gasteiger partial charge in [-0.25, -0.2) is 4.98 Å². The van der Waals surface area contributed by atoms with E-state index in [2.05, 4.69) is 10.3 Å². The van der Waals surface area contributed by atoms with Gasteiger partial charge in [0.15, 0.2) is 0 Å². The molecule has 0 saturated carbocycles. The third kappa shape index (κ3) is 4.44. The molecule has 3 N–H and O–H groups in total. The molecule has 0 fully saturated rings. The fourth-order valence-corrected chi connectivity index (χ4v) is 1.22. The molecule has 1 aromatic heterocycles. The third-order valence-corrected chi connectivity index (χ3v) is 2.03. The number of pyridine rings is 1. The minimum absolute atomic E-state index is 0.135. The molecular formula is C10H16ClN3. The topological polar surface area (TPSA) is 50.9 Å². The lowest BCUT2D eigenvalue weighted by Crippen LogP contribution is -2.34.